The standard InChI is InChI=1S/C20H16N2O5S/c1-12(23)21-20-22-18(24)17(28-20)10-15-4-2-3-5-16(15)27-11-13-6-8-14(9-7-13)19(25)26/h2-10H,11H2,1H3,(H,25,26)(H,21,22,23,24)/p-1. The first kappa shape index (κ1) is 19.4. The summed E-state index contributed by atoms with van der Waals surface area (Å²) >= 11 is 1.08. The van der Waals surface area contributed by atoms with Gasteiger partial charge in [-0.25, -0.2) is 0 Å². The lowest BCUT2D eigenvalue weighted by Crippen LogP contribution is -2.23. The minimum absolute atomic E-state index is 0.0978. The predicted octanol–water partition coefficient (Wildman–Crippen LogP) is 1.74. The highest BCUT2D eigenvalue weighted by Gasteiger charge is 2.22. The normalized spacial score (nSPS) is 14.7. The van der Waals surface area contributed by atoms with Crippen molar-refractivity contribution in [3.63, 3.8) is 0 Å². The van der Waals surface area contributed by atoms with Crippen molar-refractivity contribution in [3.05, 3.63) is 70.1 Å². The zero-order valence-electron chi connectivity index (χ0n) is 14.8. The molecule has 1 aliphatic heterocycles. The highest BCUT2D eigenvalue weighted by atomic mass is 32.2. The molecule has 3 rings (SSSR count). The highest BCUT2D eigenvalue weighted by Crippen LogP contribution is 2.30. The Hall–Kier alpha value is -3.39. The van der Waals surface area contributed by atoms with E-state index in [1.807, 2.05) is 6.07 Å². The third kappa shape index (κ3) is 4.86. The minimum Gasteiger partial charge on any atom is -0.545 e. The Morgan fingerprint density at radius 2 is 1.89 bits per heavy atom. The van der Waals surface area contributed by atoms with Crippen LogP contribution in [0.5, 0.6) is 5.75 Å². The van der Waals surface area contributed by atoms with Gasteiger partial charge in [-0.05, 0) is 35.0 Å². The van der Waals surface area contributed by atoms with Crippen molar-refractivity contribution in [1.29, 1.82) is 0 Å². The second-order valence-electron chi connectivity index (χ2n) is 5.82. The molecule has 7 nitrogen and oxygen atoms in total. The van der Waals surface area contributed by atoms with E-state index in [-0.39, 0.29) is 23.2 Å². The van der Waals surface area contributed by atoms with Gasteiger partial charge in [0.25, 0.3) is 5.91 Å². The second-order valence-corrected chi connectivity index (χ2v) is 6.86. The number of hydrogen-bond acceptors (Lipinski definition) is 6. The molecule has 1 N–H and O–H groups in total. The molecule has 28 heavy (non-hydrogen) atoms. The molecule has 0 bridgehead atoms. The van der Waals surface area contributed by atoms with Crippen LogP contribution in [0, 0.1) is 0 Å². The number of aliphatic imine (C=N–C) groups is 1. The van der Waals surface area contributed by atoms with Crippen molar-refractivity contribution in [3.8, 4) is 5.75 Å². The van der Waals surface area contributed by atoms with Crippen molar-refractivity contribution in [2.75, 3.05) is 0 Å². The molecule has 0 aromatic heterocycles. The maximum Gasteiger partial charge on any atom is 0.286 e. The van der Waals surface area contributed by atoms with Gasteiger partial charge < -0.3 is 20.0 Å². The molecule has 8 heteroatoms. The quantitative estimate of drug-likeness (QED) is 0.773. The first-order chi connectivity index (χ1) is 13.4. The van der Waals surface area contributed by atoms with E-state index < -0.39 is 11.9 Å². The van der Waals surface area contributed by atoms with Crippen LogP contribution in [0.15, 0.2) is 58.4 Å². The number of carboxylic acids is 1. The molecular formula is C20H15N2O5S-. The van der Waals surface area contributed by atoms with Gasteiger partial charge in [-0.2, -0.15) is 4.99 Å². The van der Waals surface area contributed by atoms with Crippen molar-refractivity contribution in [2.24, 2.45) is 4.99 Å². The molecule has 0 saturated heterocycles. The molecule has 0 unspecified atom stereocenters. The van der Waals surface area contributed by atoms with Gasteiger partial charge >= 0.3 is 0 Å². The zero-order chi connectivity index (χ0) is 20.1. The maximum absolute atomic E-state index is 12.0. The largest absolute Gasteiger partial charge is 0.545 e. The number of amidine groups is 1. The van der Waals surface area contributed by atoms with Gasteiger partial charge in [0.1, 0.15) is 12.4 Å². The van der Waals surface area contributed by atoms with E-state index in [0.29, 0.717) is 16.2 Å². The fourth-order valence-electron chi connectivity index (χ4n) is 2.38. The first-order valence-electron chi connectivity index (χ1n) is 8.24. The topological polar surface area (TPSA) is 108 Å². The Morgan fingerprint density at radius 1 is 1.18 bits per heavy atom. The molecule has 0 fully saturated rings. The number of carbonyl (C=O) groups is 3. The third-order valence-corrected chi connectivity index (χ3v) is 4.59. The molecule has 2 amide bonds. The Bertz CT molecular complexity index is 996. The van der Waals surface area contributed by atoms with Crippen LogP contribution in [0.25, 0.3) is 6.08 Å². The summed E-state index contributed by atoms with van der Waals surface area (Å²) in [6, 6.07) is 13.4. The number of hydrogen-bond donors (Lipinski definition) is 1. The number of rotatable bonds is 5. The number of para-hydroxylation sites is 1. The van der Waals surface area contributed by atoms with Gasteiger partial charge in [0.05, 0.1) is 10.9 Å². The average molecular weight is 395 g/mol. The number of nitrogens with zero attached hydrogens (tertiary/aromatic N) is 1. The number of amides is 2. The summed E-state index contributed by atoms with van der Waals surface area (Å²) in [6.07, 6.45) is 1.65. The Labute approximate surface area is 165 Å². The van der Waals surface area contributed by atoms with Crippen molar-refractivity contribution in [2.45, 2.75) is 13.5 Å². The minimum atomic E-state index is -1.23. The van der Waals surface area contributed by atoms with E-state index in [2.05, 4.69) is 10.3 Å². The van der Waals surface area contributed by atoms with Crippen molar-refractivity contribution in [1.82, 2.24) is 5.32 Å². The second kappa shape index (κ2) is 8.53. The Kier molecular flexibility index (Phi) is 5.90. The summed E-state index contributed by atoms with van der Waals surface area (Å²) in [4.78, 5) is 38.1. The Morgan fingerprint density at radius 3 is 2.57 bits per heavy atom. The molecular weight excluding hydrogens is 380 g/mol. The molecule has 0 saturated carbocycles. The molecule has 0 spiro atoms. The number of aromatic carboxylic acids is 1. The Balaban J connectivity index is 1.72. The maximum atomic E-state index is 12.0. The van der Waals surface area contributed by atoms with E-state index in [1.165, 1.54) is 19.1 Å². The molecule has 0 atom stereocenters. The lowest BCUT2D eigenvalue weighted by Gasteiger charge is -2.10. The predicted molar refractivity (Wildman–Crippen MR) is 103 cm³/mol. The van der Waals surface area contributed by atoms with E-state index in [4.69, 9.17) is 4.74 Å². The van der Waals surface area contributed by atoms with Crippen LogP contribution in [-0.4, -0.2) is 23.0 Å². The smallest absolute Gasteiger partial charge is 0.286 e. The van der Waals surface area contributed by atoms with Crippen LogP contribution in [0.4, 0.5) is 0 Å². The molecule has 2 aromatic carbocycles. The summed E-state index contributed by atoms with van der Waals surface area (Å²) in [7, 11) is 0. The molecule has 1 aliphatic rings. The van der Waals surface area contributed by atoms with Crippen LogP contribution in [0.1, 0.15) is 28.4 Å². The van der Waals surface area contributed by atoms with Crippen LogP contribution in [-0.2, 0) is 16.2 Å². The summed E-state index contributed by atoms with van der Waals surface area (Å²) in [5.74, 6) is -1.40. The number of thioether (sulfide) groups is 1. The highest BCUT2D eigenvalue weighted by molar-refractivity contribution is 8.18. The van der Waals surface area contributed by atoms with Crippen LogP contribution in [0.2, 0.25) is 0 Å². The average Bonchev–Trinajstić information content (AvgIpc) is 2.99. The molecule has 2 aromatic rings. The summed E-state index contributed by atoms with van der Waals surface area (Å²) in [5, 5.41) is 13.5. The van der Waals surface area contributed by atoms with E-state index in [1.54, 1.807) is 36.4 Å². The lowest BCUT2D eigenvalue weighted by atomic mass is 10.1. The monoisotopic (exact) mass is 395 g/mol. The van der Waals surface area contributed by atoms with Crippen LogP contribution in [0.3, 0.4) is 0 Å². The van der Waals surface area contributed by atoms with E-state index in [0.717, 1.165) is 17.3 Å². The number of carboxylic acid groups (broad SMARTS) is 1. The summed E-state index contributed by atoms with van der Waals surface area (Å²) in [6.45, 7) is 1.57. The van der Waals surface area contributed by atoms with Gasteiger partial charge in [-0.1, -0.05) is 42.5 Å². The van der Waals surface area contributed by atoms with Crippen LogP contribution >= 0.6 is 11.8 Å². The fourth-order valence-corrected chi connectivity index (χ4v) is 3.23. The number of nitrogens with one attached hydrogen (secondary N) is 1. The number of carbonyl (C=O) groups excluding carboxylic acids is 3. The SMILES string of the molecule is CC(=O)NC1=NC(=O)C(=Cc2ccccc2OCc2ccc(C(=O)[O-])cc2)S1. The van der Waals surface area contributed by atoms with Crippen LogP contribution < -0.4 is 15.2 Å². The zero-order valence-corrected chi connectivity index (χ0v) is 15.6. The lowest BCUT2D eigenvalue weighted by molar-refractivity contribution is -0.255. The van der Waals surface area contributed by atoms with Gasteiger partial charge in [0.2, 0.25) is 5.91 Å². The van der Waals surface area contributed by atoms with Gasteiger partial charge in [0, 0.05) is 12.5 Å². The molecule has 0 radical (unpaired) electrons. The molecule has 0 aliphatic carbocycles. The fraction of sp³-hybridized carbons (Fsp3) is 0.100. The molecule has 142 valence electrons. The van der Waals surface area contributed by atoms with E-state index >= 15 is 0 Å². The first-order valence-corrected chi connectivity index (χ1v) is 9.06. The van der Waals surface area contributed by atoms with Gasteiger partial charge in [0.15, 0.2) is 5.17 Å². The molecule has 1 heterocycles. The third-order valence-electron chi connectivity index (χ3n) is 3.69. The number of ether oxygens (including phenoxy) is 1. The van der Waals surface area contributed by atoms with E-state index in [9.17, 15) is 19.5 Å². The summed E-state index contributed by atoms with van der Waals surface area (Å²) in [5.41, 5.74) is 1.57. The van der Waals surface area contributed by atoms with Crippen molar-refractivity contribution >= 4 is 40.8 Å². The summed E-state index contributed by atoms with van der Waals surface area (Å²) < 4.78 is 5.83. The van der Waals surface area contributed by atoms with Crippen molar-refractivity contribution < 1.29 is 24.2 Å². The number of benzene rings is 2. The van der Waals surface area contributed by atoms with Gasteiger partial charge in [-0.15, -0.1) is 0 Å². The van der Waals surface area contributed by atoms with Gasteiger partial charge in [-0.3, -0.25) is 9.59 Å².